The standard InChI is InChI=1S/C25H38O/c1-3-5-20-8-14-23(15-9-20)24-16-10-21(11-17-24)6-7-22-12-18-25(19-13-22)26-4-2/h10,12-13,18-20,23-24H,3-9,11,14-17H2,1-2H3. The van der Waals surface area contributed by atoms with Gasteiger partial charge in [-0.15, -0.1) is 0 Å². The lowest BCUT2D eigenvalue weighted by Crippen LogP contribution is -2.23. The molecule has 2 aliphatic carbocycles. The Morgan fingerprint density at radius 1 is 0.885 bits per heavy atom. The van der Waals surface area contributed by atoms with Crippen LogP contribution in [0.1, 0.15) is 83.6 Å². The van der Waals surface area contributed by atoms with Crippen LogP contribution >= 0.6 is 0 Å². The molecule has 1 unspecified atom stereocenters. The molecule has 0 N–H and O–H groups in total. The van der Waals surface area contributed by atoms with Crippen molar-refractivity contribution in [3.63, 3.8) is 0 Å². The van der Waals surface area contributed by atoms with Crippen molar-refractivity contribution in [3.05, 3.63) is 41.5 Å². The molecule has 0 aromatic heterocycles. The molecule has 0 radical (unpaired) electrons. The maximum atomic E-state index is 5.53. The highest BCUT2D eigenvalue weighted by Gasteiger charge is 2.28. The van der Waals surface area contributed by atoms with Gasteiger partial charge in [-0.05, 0) is 87.3 Å². The number of allylic oxidation sites excluding steroid dienone is 2. The summed E-state index contributed by atoms with van der Waals surface area (Å²) in [7, 11) is 0. The summed E-state index contributed by atoms with van der Waals surface area (Å²) in [6.07, 6.45) is 18.0. The van der Waals surface area contributed by atoms with Gasteiger partial charge in [0.1, 0.15) is 5.75 Å². The lowest BCUT2D eigenvalue weighted by molar-refractivity contribution is 0.186. The number of aryl methyl sites for hydroxylation is 1. The van der Waals surface area contributed by atoms with Gasteiger partial charge in [0, 0.05) is 0 Å². The van der Waals surface area contributed by atoms with Gasteiger partial charge in [0.05, 0.1) is 6.61 Å². The topological polar surface area (TPSA) is 9.23 Å². The average molecular weight is 355 g/mol. The van der Waals surface area contributed by atoms with E-state index in [9.17, 15) is 0 Å². The van der Waals surface area contributed by atoms with Gasteiger partial charge in [-0.2, -0.15) is 0 Å². The van der Waals surface area contributed by atoms with Gasteiger partial charge < -0.3 is 4.74 Å². The van der Waals surface area contributed by atoms with Crippen LogP contribution in [0.5, 0.6) is 5.75 Å². The minimum Gasteiger partial charge on any atom is -0.494 e. The molecule has 1 atom stereocenters. The third kappa shape index (κ3) is 5.63. The highest BCUT2D eigenvalue weighted by molar-refractivity contribution is 5.28. The second-order valence-electron chi connectivity index (χ2n) is 8.54. The summed E-state index contributed by atoms with van der Waals surface area (Å²) >= 11 is 0. The molecule has 0 saturated heterocycles. The number of hydrogen-bond acceptors (Lipinski definition) is 1. The highest BCUT2D eigenvalue weighted by Crippen LogP contribution is 2.41. The Hall–Kier alpha value is -1.24. The monoisotopic (exact) mass is 354 g/mol. The first-order valence-electron chi connectivity index (χ1n) is 11.2. The van der Waals surface area contributed by atoms with Crippen molar-refractivity contribution in [3.8, 4) is 5.75 Å². The van der Waals surface area contributed by atoms with Crippen molar-refractivity contribution >= 4 is 0 Å². The summed E-state index contributed by atoms with van der Waals surface area (Å²) in [5.41, 5.74) is 3.14. The quantitative estimate of drug-likeness (QED) is 0.443. The van der Waals surface area contributed by atoms with Crippen LogP contribution in [0.15, 0.2) is 35.9 Å². The molecule has 1 nitrogen and oxygen atoms in total. The summed E-state index contributed by atoms with van der Waals surface area (Å²) in [6, 6.07) is 8.68. The van der Waals surface area contributed by atoms with Gasteiger partial charge >= 0.3 is 0 Å². The van der Waals surface area contributed by atoms with Crippen LogP contribution in [0.4, 0.5) is 0 Å². The Balaban J connectivity index is 1.40. The second kappa shape index (κ2) is 10.2. The van der Waals surface area contributed by atoms with Gasteiger partial charge in [-0.25, -0.2) is 0 Å². The van der Waals surface area contributed by atoms with E-state index in [1.54, 1.807) is 5.57 Å². The number of benzene rings is 1. The largest absolute Gasteiger partial charge is 0.494 e. The average Bonchev–Trinajstić information content (AvgIpc) is 2.69. The summed E-state index contributed by atoms with van der Waals surface area (Å²) in [5.74, 6) is 4.03. The molecule has 0 spiro atoms. The molecule has 0 amide bonds. The third-order valence-corrected chi connectivity index (χ3v) is 6.77. The molecule has 1 saturated carbocycles. The Kier molecular flexibility index (Phi) is 7.65. The van der Waals surface area contributed by atoms with Gasteiger partial charge in [0.15, 0.2) is 0 Å². The van der Waals surface area contributed by atoms with Crippen molar-refractivity contribution in [2.24, 2.45) is 17.8 Å². The summed E-state index contributed by atoms with van der Waals surface area (Å²) in [5, 5.41) is 0. The van der Waals surface area contributed by atoms with Crippen LogP contribution in [0, 0.1) is 17.8 Å². The van der Waals surface area contributed by atoms with E-state index in [4.69, 9.17) is 4.74 Å². The van der Waals surface area contributed by atoms with Crippen LogP contribution in [-0.4, -0.2) is 6.61 Å². The predicted molar refractivity (Wildman–Crippen MR) is 112 cm³/mol. The van der Waals surface area contributed by atoms with Crippen LogP contribution in [0.25, 0.3) is 0 Å². The molecule has 3 rings (SSSR count). The maximum absolute atomic E-state index is 5.53. The number of ether oxygens (including phenoxy) is 1. The molecular weight excluding hydrogens is 316 g/mol. The molecule has 0 aliphatic heterocycles. The van der Waals surface area contributed by atoms with Gasteiger partial charge in [0.2, 0.25) is 0 Å². The molecule has 0 heterocycles. The first kappa shape index (κ1) is 19.5. The van der Waals surface area contributed by atoms with Gasteiger partial charge in [0.25, 0.3) is 0 Å². The molecule has 1 heteroatoms. The highest BCUT2D eigenvalue weighted by atomic mass is 16.5. The molecule has 1 fully saturated rings. The fourth-order valence-electron chi connectivity index (χ4n) is 5.14. The predicted octanol–water partition coefficient (Wildman–Crippen LogP) is 7.35. The zero-order valence-electron chi connectivity index (χ0n) is 17.0. The van der Waals surface area contributed by atoms with Crippen molar-refractivity contribution in [2.45, 2.75) is 84.5 Å². The van der Waals surface area contributed by atoms with Gasteiger partial charge in [-0.3, -0.25) is 0 Å². The van der Waals surface area contributed by atoms with Gasteiger partial charge in [-0.1, -0.05) is 56.4 Å². The van der Waals surface area contributed by atoms with E-state index in [1.807, 2.05) is 6.92 Å². The van der Waals surface area contributed by atoms with Crippen LogP contribution in [0.3, 0.4) is 0 Å². The molecule has 144 valence electrons. The Morgan fingerprint density at radius 3 is 2.27 bits per heavy atom. The van der Waals surface area contributed by atoms with Crippen molar-refractivity contribution < 1.29 is 4.74 Å². The van der Waals surface area contributed by atoms with E-state index in [-0.39, 0.29) is 0 Å². The zero-order valence-corrected chi connectivity index (χ0v) is 17.0. The molecule has 2 aliphatic rings. The van der Waals surface area contributed by atoms with Crippen LogP contribution in [-0.2, 0) is 6.42 Å². The van der Waals surface area contributed by atoms with Crippen molar-refractivity contribution in [2.75, 3.05) is 6.61 Å². The Morgan fingerprint density at radius 2 is 1.65 bits per heavy atom. The molecule has 26 heavy (non-hydrogen) atoms. The first-order chi connectivity index (χ1) is 12.8. The summed E-state index contributed by atoms with van der Waals surface area (Å²) in [4.78, 5) is 0. The van der Waals surface area contributed by atoms with E-state index in [0.717, 1.165) is 30.1 Å². The molecule has 0 bridgehead atoms. The lowest BCUT2D eigenvalue weighted by Gasteiger charge is -2.35. The lowest BCUT2D eigenvalue weighted by atomic mass is 9.70. The number of hydrogen-bond donors (Lipinski definition) is 0. The third-order valence-electron chi connectivity index (χ3n) is 6.77. The minimum absolute atomic E-state index is 0.744. The normalized spacial score (nSPS) is 26.4. The summed E-state index contributed by atoms with van der Waals surface area (Å²) in [6.45, 7) is 5.12. The first-order valence-corrected chi connectivity index (χ1v) is 11.2. The molecule has 1 aromatic rings. The van der Waals surface area contributed by atoms with Crippen LogP contribution < -0.4 is 4.74 Å². The minimum atomic E-state index is 0.744. The van der Waals surface area contributed by atoms with E-state index < -0.39 is 0 Å². The van der Waals surface area contributed by atoms with E-state index in [1.165, 1.54) is 76.2 Å². The Bertz CT molecular complexity index is 548. The molecular formula is C25H38O. The Labute approximate surface area is 161 Å². The van der Waals surface area contributed by atoms with Crippen molar-refractivity contribution in [1.82, 2.24) is 0 Å². The summed E-state index contributed by atoms with van der Waals surface area (Å²) < 4.78 is 5.53. The fourth-order valence-corrected chi connectivity index (χ4v) is 5.14. The van der Waals surface area contributed by atoms with E-state index in [0.29, 0.717) is 0 Å². The number of rotatable bonds is 8. The van der Waals surface area contributed by atoms with Crippen LogP contribution in [0.2, 0.25) is 0 Å². The maximum Gasteiger partial charge on any atom is 0.119 e. The van der Waals surface area contributed by atoms with E-state index >= 15 is 0 Å². The smallest absolute Gasteiger partial charge is 0.119 e. The second-order valence-corrected chi connectivity index (χ2v) is 8.54. The SMILES string of the molecule is CCCC1CCC(C2CC=C(CCc3ccc(OCC)cc3)CC2)CC1. The zero-order chi connectivity index (χ0) is 18.2. The molecule has 1 aromatic carbocycles. The van der Waals surface area contributed by atoms with E-state index in [2.05, 4.69) is 37.3 Å². The fraction of sp³-hybridized carbons (Fsp3) is 0.680. The van der Waals surface area contributed by atoms with Crippen molar-refractivity contribution in [1.29, 1.82) is 0 Å².